The number of nitrogens with zero attached hydrogens (tertiary/aromatic N) is 5. The zero-order valence-corrected chi connectivity index (χ0v) is 25.2. The first-order valence-corrected chi connectivity index (χ1v) is 15.1. The second-order valence-corrected chi connectivity index (χ2v) is 12.3. The van der Waals surface area contributed by atoms with E-state index in [0.29, 0.717) is 11.8 Å². The fourth-order valence-electron chi connectivity index (χ4n) is 6.23. The van der Waals surface area contributed by atoms with Gasteiger partial charge in [-0.2, -0.15) is 0 Å². The minimum atomic E-state index is -0.0314. The monoisotopic (exact) mass is 549 g/mol. The van der Waals surface area contributed by atoms with Gasteiger partial charge in [0, 0.05) is 34.1 Å². The van der Waals surface area contributed by atoms with Crippen molar-refractivity contribution in [3.63, 3.8) is 0 Å². The van der Waals surface area contributed by atoms with E-state index in [4.69, 9.17) is 15.0 Å². The molecule has 7 rings (SSSR count). The van der Waals surface area contributed by atoms with Crippen molar-refractivity contribution in [1.82, 2.24) is 15.0 Å². The smallest absolute Gasteiger partial charge is 0.258 e. The van der Waals surface area contributed by atoms with Gasteiger partial charge in [0.2, 0.25) is 0 Å². The molecule has 0 radical (unpaired) electrons. The Balaban J connectivity index is 1.62. The number of pyridine rings is 3. The Bertz CT molecular complexity index is 1660. The van der Waals surface area contributed by atoms with Gasteiger partial charge in [-0.05, 0) is 76.6 Å². The summed E-state index contributed by atoms with van der Waals surface area (Å²) < 4.78 is 0. The third kappa shape index (κ3) is 4.12. The maximum atomic E-state index is 5.42. The Morgan fingerprint density at radius 1 is 0.500 bits per heavy atom. The lowest BCUT2D eigenvalue weighted by Crippen LogP contribution is -2.62. The SMILES string of the molecule is CC(C)c1ccc2c(n1)N(c1ccccc1)c1cc(C(C)C)nc3c1B2c1ccc(C(C)C)nc1N3c1ccccc1. The van der Waals surface area contributed by atoms with Gasteiger partial charge in [-0.3, -0.25) is 9.80 Å². The van der Waals surface area contributed by atoms with Gasteiger partial charge in [-0.1, -0.05) is 90.1 Å². The predicted molar refractivity (Wildman–Crippen MR) is 176 cm³/mol. The van der Waals surface area contributed by atoms with Crippen LogP contribution in [0.15, 0.2) is 91.0 Å². The number of anilines is 6. The summed E-state index contributed by atoms with van der Waals surface area (Å²) >= 11 is 0. The molecule has 0 amide bonds. The molecule has 2 aromatic carbocycles. The van der Waals surface area contributed by atoms with E-state index in [1.54, 1.807) is 0 Å². The summed E-state index contributed by atoms with van der Waals surface area (Å²) in [6.45, 7) is 13.2. The average Bonchev–Trinajstić information content (AvgIpc) is 3.00. The van der Waals surface area contributed by atoms with Crippen molar-refractivity contribution < 1.29 is 0 Å². The van der Waals surface area contributed by atoms with Crippen LogP contribution in [0, 0.1) is 0 Å². The highest BCUT2D eigenvalue weighted by Gasteiger charge is 2.46. The van der Waals surface area contributed by atoms with Crippen LogP contribution in [0.25, 0.3) is 0 Å². The van der Waals surface area contributed by atoms with Crippen LogP contribution in [-0.4, -0.2) is 21.7 Å². The van der Waals surface area contributed by atoms with Crippen molar-refractivity contribution in [1.29, 1.82) is 0 Å². The van der Waals surface area contributed by atoms with Crippen molar-refractivity contribution in [2.24, 2.45) is 0 Å². The van der Waals surface area contributed by atoms with E-state index < -0.39 is 0 Å². The van der Waals surface area contributed by atoms with E-state index in [1.807, 2.05) is 0 Å². The van der Waals surface area contributed by atoms with E-state index in [-0.39, 0.29) is 12.6 Å². The molecule has 0 N–H and O–H groups in total. The first-order valence-electron chi connectivity index (χ1n) is 15.1. The molecule has 0 saturated carbocycles. The molecule has 0 unspecified atom stereocenters. The van der Waals surface area contributed by atoms with E-state index in [0.717, 1.165) is 51.6 Å². The predicted octanol–water partition coefficient (Wildman–Crippen LogP) is 7.32. The van der Waals surface area contributed by atoms with E-state index >= 15 is 0 Å². The molecule has 0 bridgehead atoms. The molecule has 208 valence electrons. The van der Waals surface area contributed by atoms with Crippen LogP contribution in [0.4, 0.5) is 34.5 Å². The molecule has 5 nitrogen and oxygen atoms in total. The molecule has 5 heterocycles. The fraction of sp³-hybridized carbons (Fsp3) is 0.250. The highest BCUT2D eigenvalue weighted by atomic mass is 15.3. The molecule has 3 aromatic heterocycles. The van der Waals surface area contributed by atoms with Crippen molar-refractivity contribution >= 4 is 57.6 Å². The third-order valence-electron chi connectivity index (χ3n) is 8.48. The standard InChI is InChI=1S/C36H36BN5/c1-22(2)29-19-17-27-34(38-29)41(25-13-9-7-10-14-25)32-21-31(24(5)6)40-36-33(32)37(27)28-18-20-30(23(3)4)39-35(28)42(36)26-15-11-8-12-16-26/h7-24H,1-6H3. The summed E-state index contributed by atoms with van der Waals surface area (Å²) in [6, 6.07) is 32.5. The number of fused-ring (bicyclic) bond motifs is 4. The summed E-state index contributed by atoms with van der Waals surface area (Å²) in [4.78, 5) is 20.8. The Hall–Kier alpha value is -4.45. The number of para-hydroxylation sites is 2. The van der Waals surface area contributed by atoms with Gasteiger partial charge in [0.15, 0.2) is 0 Å². The van der Waals surface area contributed by atoms with Crippen LogP contribution < -0.4 is 26.2 Å². The molecule has 0 atom stereocenters. The summed E-state index contributed by atoms with van der Waals surface area (Å²) in [5.41, 5.74) is 10.1. The summed E-state index contributed by atoms with van der Waals surface area (Å²) in [6.07, 6.45) is 0. The molecule has 42 heavy (non-hydrogen) atoms. The number of hydrogen-bond donors (Lipinski definition) is 0. The maximum Gasteiger partial charge on any atom is 0.258 e. The van der Waals surface area contributed by atoms with Crippen molar-refractivity contribution in [2.75, 3.05) is 9.80 Å². The second-order valence-electron chi connectivity index (χ2n) is 12.3. The molecule has 6 heteroatoms. The minimum absolute atomic E-state index is 0.0314. The van der Waals surface area contributed by atoms with E-state index in [9.17, 15) is 0 Å². The molecule has 0 spiro atoms. The molecule has 0 saturated heterocycles. The zero-order valence-electron chi connectivity index (χ0n) is 25.2. The lowest BCUT2D eigenvalue weighted by atomic mass is 9.34. The Labute approximate surface area is 249 Å². The highest BCUT2D eigenvalue weighted by Crippen LogP contribution is 2.43. The second kappa shape index (κ2) is 10.1. The van der Waals surface area contributed by atoms with Crippen molar-refractivity contribution in [3.8, 4) is 0 Å². The first-order chi connectivity index (χ1) is 20.3. The van der Waals surface area contributed by atoms with Gasteiger partial charge in [0.05, 0.1) is 0 Å². The molecule has 5 aromatic rings. The van der Waals surface area contributed by atoms with Crippen LogP contribution in [0.3, 0.4) is 0 Å². The van der Waals surface area contributed by atoms with Gasteiger partial charge in [-0.15, -0.1) is 0 Å². The Morgan fingerprint density at radius 2 is 0.952 bits per heavy atom. The van der Waals surface area contributed by atoms with E-state index in [2.05, 4.69) is 142 Å². The highest BCUT2D eigenvalue weighted by molar-refractivity contribution is 7.00. The van der Waals surface area contributed by atoms with Crippen LogP contribution in [0.2, 0.25) is 0 Å². The summed E-state index contributed by atoms with van der Waals surface area (Å²) in [7, 11) is 0. The molecule has 2 aliphatic rings. The number of rotatable bonds is 5. The minimum Gasteiger partial charge on any atom is -0.296 e. The lowest BCUT2D eigenvalue weighted by Gasteiger charge is -2.43. The van der Waals surface area contributed by atoms with Crippen LogP contribution in [-0.2, 0) is 0 Å². The number of benzene rings is 2. The van der Waals surface area contributed by atoms with Gasteiger partial charge >= 0.3 is 0 Å². The molecule has 0 fully saturated rings. The lowest BCUT2D eigenvalue weighted by molar-refractivity contribution is 0.813. The molecular weight excluding hydrogens is 513 g/mol. The largest absolute Gasteiger partial charge is 0.296 e. The van der Waals surface area contributed by atoms with Crippen molar-refractivity contribution in [2.45, 2.75) is 59.3 Å². The Kier molecular flexibility index (Phi) is 6.38. The third-order valence-corrected chi connectivity index (χ3v) is 8.48. The molecule has 0 aliphatic carbocycles. The number of hydrogen-bond acceptors (Lipinski definition) is 5. The Morgan fingerprint density at radius 3 is 1.45 bits per heavy atom. The quantitative estimate of drug-likeness (QED) is 0.211. The van der Waals surface area contributed by atoms with Crippen molar-refractivity contribution in [3.05, 3.63) is 108 Å². The molecule has 2 aliphatic heterocycles. The number of aromatic nitrogens is 3. The first kappa shape index (κ1) is 26.5. The van der Waals surface area contributed by atoms with Gasteiger partial charge in [0.1, 0.15) is 17.5 Å². The zero-order chi connectivity index (χ0) is 29.1. The average molecular weight is 550 g/mol. The van der Waals surface area contributed by atoms with Gasteiger partial charge in [-0.25, -0.2) is 15.0 Å². The van der Waals surface area contributed by atoms with E-state index in [1.165, 1.54) is 16.4 Å². The van der Waals surface area contributed by atoms with Gasteiger partial charge in [0.25, 0.3) is 6.71 Å². The topological polar surface area (TPSA) is 45.2 Å². The summed E-state index contributed by atoms with van der Waals surface area (Å²) in [5.74, 6) is 3.76. The normalized spacial score (nSPS) is 13.5. The van der Waals surface area contributed by atoms with Crippen LogP contribution >= 0.6 is 0 Å². The van der Waals surface area contributed by atoms with Crippen LogP contribution in [0.5, 0.6) is 0 Å². The van der Waals surface area contributed by atoms with Gasteiger partial charge < -0.3 is 0 Å². The maximum absolute atomic E-state index is 5.42. The summed E-state index contributed by atoms with van der Waals surface area (Å²) in [5, 5.41) is 0. The molecular formula is C36H36BN5. The fourth-order valence-corrected chi connectivity index (χ4v) is 6.23. The van der Waals surface area contributed by atoms with Crippen LogP contribution in [0.1, 0.15) is 76.4 Å².